The molecule has 1 N–H and O–H groups in total. The maximum absolute atomic E-state index is 12.2. The molecule has 0 saturated carbocycles. The van der Waals surface area contributed by atoms with Crippen LogP contribution in [0.15, 0.2) is 30.3 Å². The molecular formula is C27H34ClNO4S. The van der Waals surface area contributed by atoms with Gasteiger partial charge >= 0.3 is 5.97 Å². The SMILES string of the molecule is COC(=O)C(C)(C)c1ccc(Cl)c(NC(=S)c2c(C)cc(OCC[C@H]3CCCCO3)cc2C)c1. The molecule has 2 aromatic carbocycles. The highest BCUT2D eigenvalue weighted by Gasteiger charge is 2.31. The monoisotopic (exact) mass is 503 g/mol. The first-order chi connectivity index (χ1) is 16.1. The smallest absolute Gasteiger partial charge is 0.315 e. The third kappa shape index (κ3) is 6.29. The number of carbonyl (C=O) groups excluding carboxylic acids is 1. The topological polar surface area (TPSA) is 56.8 Å². The summed E-state index contributed by atoms with van der Waals surface area (Å²) in [7, 11) is 1.39. The Morgan fingerprint density at radius 1 is 1.21 bits per heavy atom. The van der Waals surface area contributed by atoms with Crippen molar-refractivity contribution in [3.8, 4) is 5.75 Å². The van der Waals surface area contributed by atoms with E-state index in [1.807, 2.05) is 52.0 Å². The minimum Gasteiger partial charge on any atom is -0.493 e. The minimum absolute atomic E-state index is 0.302. The molecule has 3 rings (SSSR count). The van der Waals surface area contributed by atoms with Crippen molar-refractivity contribution in [1.82, 2.24) is 0 Å². The lowest BCUT2D eigenvalue weighted by Gasteiger charge is -2.24. The van der Waals surface area contributed by atoms with Gasteiger partial charge in [0.15, 0.2) is 0 Å². The Hall–Kier alpha value is -2.15. The van der Waals surface area contributed by atoms with Crippen molar-refractivity contribution in [2.24, 2.45) is 0 Å². The number of hydrogen-bond donors (Lipinski definition) is 1. The van der Waals surface area contributed by atoms with Gasteiger partial charge in [0.05, 0.1) is 35.9 Å². The number of esters is 1. The second-order valence-corrected chi connectivity index (χ2v) is 10.1. The van der Waals surface area contributed by atoms with E-state index in [9.17, 15) is 4.79 Å². The summed E-state index contributed by atoms with van der Waals surface area (Å²) >= 11 is 12.2. The van der Waals surface area contributed by atoms with Crippen molar-refractivity contribution in [2.45, 2.75) is 64.9 Å². The van der Waals surface area contributed by atoms with Gasteiger partial charge in [-0.2, -0.15) is 0 Å². The molecule has 0 radical (unpaired) electrons. The summed E-state index contributed by atoms with van der Waals surface area (Å²) in [6, 6.07) is 9.46. The van der Waals surface area contributed by atoms with Crippen LogP contribution in [0.3, 0.4) is 0 Å². The second-order valence-electron chi connectivity index (χ2n) is 9.32. The van der Waals surface area contributed by atoms with Gasteiger partial charge in [-0.25, -0.2) is 0 Å². The molecule has 1 heterocycles. The number of aryl methyl sites for hydroxylation is 2. The summed E-state index contributed by atoms with van der Waals surface area (Å²) in [5.74, 6) is 0.512. The molecule has 5 nitrogen and oxygen atoms in total. The van der Waals surface area contributed by atoms with Crippen LogP contribution in [-0.4, -0.2) is 37.4 Å². The van der Waals surface area contributed by atoms with Gasteiger partial charge in [-0.3, -0.25) is 4.79 Å². The molecule has 34 heavy (non-hydrogen) atoms. The number of rotatable bonds is 8. The van der Waals surface area contributed by atoms with Gasteiger partial charge in [0.1, 0.15) is 10.7 Å². The lowest BCUT2D eigenvalue weighted by molar-refractivity contribution is -0.146. The first-order valence-electron chi connectivity index (χ1n) is 11.7. The summed E-state index contributed by atoms with van der Waals surface area (Å²) in [6.45, 7) is 9.16. The Morgan fingerprint density at radius 2 is 1.91 bits per heavy atom. The lowest BCUT2D eigenvalue weighted by Crippen LogP contribution is -2.30. The molecule has 0 aliphatic carbocycles. The van der Waals surface area contributed by atoms with Crippen LogP contribution in [-0.2, 0) is 19.7 Å². The number of anilines is 1. The van der Waals surface area contributed by atoms with Gasteiger partial charge in [0.25, 0.3) is 0 Å². The van der Waals surface area contributed by atoms with Crippen LogP contribution >= 0.6 is 23.8 Å². The first kappa shape index (κ1) is 26.5. The minimum atomic E-state index is -0.815. The number of hydrogen-bond acceptors (Lipinski definition) is 5. The first-order valence-corrected chi connectivity index (χ1v) is 12.5. The molecule has 0 bridgehead atoms. The molecule has 2 aromatic rings. The van der Waals surface area contributed by atoms with Crippen molar-refractivity contribution in [2.75, 3.05) is 25.6 Å². The van der Waals surface area contributed by atoms with Crippen molar-refractivity contribution in [3.63, 3.8) is 0 Å². The normalized spacial score (nSPS) is 16.1. The Labute approximate surface area is 213 Å². The quantitative estimate of drug-likeness (QED) is 0.326. The molecule has 1 atom stereocenters. The molecule has 0 unspecified atom stereocenters. The fraction of sp³-hybridized carbons (Fsp3) is 0.481. The standard InChI is InChI=1S/C27H34ClNO4S/c1-17-14-21(33-13-11-20-8-6-7-12-32-20)15-18(2)24(17)25(34)29-23-16-19(9-10-22(23)28)27(3,4)26(30)31-5/h9-10,14-16,20H,6-8,11-13H2,1-5H3,(H,29,34)/t20-/m1/s1. The number of nitrogens with one attached hydrogen (secondary N) is 1. The summed E-state index contributed by atoms with van der Waals surface area (Å²) in [4.78, 5) is 12.8. The fourth-order valence-corrected chi connectivity index (χ4v) is 4.87. The van der Waals surface area contributed by atoms with Crippen LogP contribution in [0.2, 0.25) is 5.02 Å². The third-order valence-corrected chi connectivity index (χ3v) is 6.98. The van der Waals surface area contributed by atoms with Gasteiger partial charge < -0.3 is 19.5 Å². The predicted octanol–water partition coefficient (Wildman–Crippen LogP) is 6.53. The summed E-state index contributed by atoms with van der Waals surface area (Å²) in [5, 5.41) is 3.79. The predicted molar refractivity (Wildman–Crippen MR) is 141 cm³/mol. The maximum atomic E-state index is 12.2. The Morgan fingerprint density at radius 3 is 2.53 bits per heavy atom. The number of benzene rings is 2. The van der Waals surface area contributed by atoms with Gasteiger partial charge in [0.2, 0.25) is 0 Å². The van der Waals surface area contributed by atoms with Crippen molar-refractivity contribution in [1.29, 1.82) is 0 Å². The van der Waals surface area contributed by atoms with Gasteiger partial charge in [-0.15, -0.1) is 0 Å². The Bertz CT molecular complexity index is 1020. The van der Waals surface area contributed by atoms with Crippen LogP contribution in [0.1, 0.15) is 61.8 Å². The van der Waals surface area contributed by atoms with E-state index in [2.05, 4.69) is 5.32 Å². The zero-order valence-corrected chi connectivity index (χ0v) is 22.2. The molecule has 0 amide bonds. The van der Waals surface area contributed by atoms with Crippen LogP contribution < -0.4 is 10.1 Å². The number of ether oxygens (including phenoxy) is 3. The molecule has 0 spiro atoms. The molecule has 1 aliphatic heterocycles. The highest BCUT2D eigenvalue weighted by atomic mass is 35.5. The van der Waals surface area contributed by atoms with E-state index in [0.717, 1.165) is 53.9 Å². The molecule has 1 aliphatic rings. The number of carbonyl (C=O) groups is 1. The number of halogens is 1. The van der Waals surface area contributed by atoms with E-state index in [1.54, 1.807) is 6.07 Å². The summed E-state index contributed by atoms with van der Waals surface area (Å²) in [5.41, 5.74) is 3.59. The van der Waals surface area contributed by atoms with Crippen molar-refractivity contribution >= 4 is 40.5 Å². The zero-order valence-electron chi connectivity index (χ0n) is 20.6. The van der Waals surface area contributed by atoms with Crippen LogP contribution in [0.25, 0.3) is 0 Å². The highest BCUT2D eigenvalue weighted by molar-refractivity contribution is 7.81. The van der Waals surface area contributed by atoms with E-state index in [1.165, 1.54) is 13.5 Å². The van der Waals surface area contributed by atoms with E-state index in [4.69, 9.17) is 38.0 Å². The van der Waals surface area contributed by atoms with E-state index in [0.29, 0.717) is 28.4 Å². The van der Waals surface area contributed by atoms with Crippen molar-refractivity contribution < 1.29 is 19.0 Å². The fourth-order valence-electron chi connectivity index (χ4n) is 4.28. The average molecular weight is 504 g/mol. The second kappa shape index (κ2) is 11.5. The molecule has 7 heteroatoms. The van der Waals surface area contributed by atoms with Gasteiger partial charge in [0, 0.05) is 18.6 Å². The molecule has 0 aromatic heterocycles. The zero-order chi connectivity index (χ0) is 24.9. The highest BCUT2D eigenvalue weighted by Crippen LogP contribution is 2.32. The van der Waals surface area contributed by atoms with Crippen molar-refractivity contribution in [3.05, 3.63) is 57.6 Å². The Kier molecular flexibility index (Phi) is 8.96. The lowest BCUT2D eigenvalue weighted by atomic mass is 9.84. The van der Waals surface area contributed by atoms with Gasteiger partial charge in [-0.1, -0.05) is 29.9 Å². The summed E-state index contributed by atoms with van der Waals surface area (Å²) in [6.07, 6.45) is 4.70. The third-order valence-electron chi connectivity index (χ3n) is 6.35. The van der Waals surface area contributed by atoms with E-state index < -0.39 is 5.41 Å². The van der Waals surface area contributed by atoms with E-state index >= 15 is 0 Å². The van der Waals surface area contributed by atoms with Gasteiger partial charge in [-0.05, 0) is 87.9 Å². The number of thiocarbonyl (C=S) groups is 1. The summed E-state index contributed by atoms with van der Waals surface area (Å²) < 4.78 is 16.8. The van der Waals surface area contributed by atoms with Crippen LogP contribution in [0.4, 0.5) is 5.69 Å². The molecule has 1 fully saturated rings. The largest absolute Gasteiger partial charge is 0.493 e. The average Bonchev–Trinajstić information content (AvgIpc) is 2.80. The maximum Gasteiger partial charge on any atom is 0.315 e. The number of methoxy groups -OCH3 is 1. The molecule has 184 valence electrons. The van der Waals surface area contributed by atoms with Crippen LogP contribution in [0.5, 0.6) is 5.75 Å². The Balaban J connectivity index is 1.72. The van der Waals surface area contributed by atoms with E-state index in [-0.39, 0.29) is 5.97 Å². The molecule has 1 saturated heterocycles. The van der Waals surface area contributed by atoms with Crippen LogP contribution in [0, 0.1) is 13.8 Å². The molecular weight excluding hydrogens is 470 g/mol.